The average Bonchev–Trinajstić information content (AvgIpc) is 2.35. The molecule has 3 saturated heterocycles. The molecule has 0 aliphatic carbocycles. The summed E-state index contributed by atoms with van der Waals surface area (Å²) in [4.78, 5) is 2.63. The van der Waals surface area contributed by atoms with Crippen LogP contribution in [-0.4, -0.2) is 35.7 Å². The van der Waals surface area contributed by atoms with Gasteiger partial charge in [0.05, 0.1) is 12.7 Å². The van der Waals surface area contributed by atoms with E-state index in [4.69, 9.17) is 4.74 Å². The monoisotopic (exact) mass is 183 g/mol. The maximum Gasteiger partial charge on any atom is 0.0703 e. The summed E-state index contributed by atoms with van der Waals surface area (Å²) in [5.41, 5.74) is 0.317. The molecule has 0 spiro atoms. The lowest BCUT2D eigenvalue weighted by Gasteiger charge is -2.45. The van der Waals surface area contributed by atoms with Crippen molar-refractivity contribution in [2.75, 3.05) is 13.2 Å². The van der Waals surface area contributed by atoms with Crippen molar-refractivity contribution in [2.24, 2.45) is 0 Å². The lowest BCUT2D eigenvalue weighted by molar-refractivity contribution is -0.0819. The minimum absolute atomic E-state index is 0.317. The Morgan fingerprint density at radius 2 is 2.00 bits per heavy atom. The highest BCUT2D eigenvalue weighted by atomic mass is 16.5. The van der Waals surface area contributed by atoms with Crippen LogP contribution in [0, 0.1) is 0 Å². The predicted molar refractivity (Wildman–Crippen MR) is 53.8 cm³/mol. The Morgan fingerprint density at radius 3 is 2.69 bits per heavy atom. The molecule has 3 heterocycles. The van der Waals surface area contributed by atoms with Crippen molar-refractivity contribution in [3.8, 4) is 0 Å². The number of ether oxygens (including phenoxy) is 1. The standard InChI is InChI=1S/C11H21NO/c1-11(2,3)12-7-10-6-4-5-9(12)8-13-10/h9-10H,4-8H2,1-3H3/t9-,10?/m0/s1. The van der Waals surface area contributed by atoms with Crippen molar-refractivity contribution in [1.82, 2.24) is 4.90 Å². The molecule has 0 radical (unpaired) electrons. The largest absolute Gasteiger partial charge is 0.375 e. The molecular weight excluding hydrogens is 162 g/mol. The van der Waals surface area contributed by atoms with Crippen LogP contribution in [0.3, 0.4) is 0 Å². The fourth-order valence-electron chi connectivity index (χ4n) is 2.57. The number of rotatable bonds is 0. The summed E-state index contributed by atoms with van der Waals surface area (Å²) in [5.74, 6) is 0. The molecule has 0 N–H and O–H groups in total. The zero-order valence-corrected chi connectivity index (χ0v) is 9.05. The van der Waals surface area contributed by atoms with Crippen LogP contribution in [-0.2, 0) is 4.74 Å². The Balaban J connectivity index is 2.12. The Labute approximate surface area is 81.3 Å². The second-order valence-corrected chi connectivity index (χ2v) is 5.36. The van der Waals surface area contributed by atoms with Crippen molar-refractivity contribution in [3.63, 3.8) is 0 Å². The van der Waals surface area contributed by atoms with Crippen LogP contribution in [0.4, 0.5) is 0 Å². The van der Waals surface area contributed by atoms with Crippen molar-refractivity contribution < 1.29 is 4.74 Å². The molecule has 0 amide bonds. The molecule has 3 fully saturated rings. The Hall–Kier alpha value is -0.0800. The number of nitrogens with zero attached hydrogens (tertiary/aromatic N) is 1. The summed E-state index contributed by atoms with van der Waals surface area (Å²) >= 11 is 0. The van der Waals surface area contributed by atoms with Crippen LogP contribution in [0.5, 0.6) is 0 Å². The van der Waals surface area contributed by atoms with Crippen molar-refractivity contribution >= 4 is 0 Å². The van der Waals surface area contributed by atoms with Gasteiger partial charge in [-0.15, -0.1) is 0 Å². The number of hydrogen-bond acceptors (Lipinski definition) is 2. The maximum atomic E-state index is 5.79. The zero-order valence-electron chi connectivity index (χ0n) is 9.05. The zero-order chi connectivity index (χ0) is 9.47. The summed E-state index contributed by atoms with van der Waals surface area (Å²) in [6.45, 7) is 9.05. The van der Waals surface area contributed by atoms with Crippen LogP contribution < -0.4 is 0 Å². The van der Waals surface area contributed by atoms with Crippen molar-refractivity contribution in [2.45, 2.75) is 57.7 Å². The summed E-state index contributed by atoms with van der Waals surface area (Å²) < 4.78 is 5.79. The molecule has 0 saturated carbocycles. The molecule has 3 aliphatic heterocycles. The molecular formula is C11H21NO. The minimum Gasteiger partial charge on any atom is -0.375 e. The van der Waals surface area contributed by atoms with Crippen LogP contribution in [0.25, 0.3) is 0 Å². The number of morpholine rings is 1. The lowest BCUT2D eigenvalue weighted by Crippen LogP contribution is -2.55. The van der Waals surface area contributed by atoms with Crippen molar-refractivity contribution in [3.05, 3.63) is 0 Å². The molecule has 0 aromatic heterocycles. The molecule has 0 aromatic rings. The van der Waals surface area contributed by atoms with Crippen LogP contribution in [0.1, 0.15) is 40.0 Å². The predicted octanol–water partition coefficient (Wildman–Crippen LogP) is 2.04. The van der Waals surface area contributed by atoms with Gasteiger partial charge in [0.25, 0.3) is 0 Å². The van der Waals surface area contributed by atoms with E-state index in [1.54, 1.807) is 0 Å². The molecule has 76 valence electrons. The Morgan fingerprint density at radius 1 is 1.23 bits per heavy atom. The van der Waals surface area contributed by atoms with E-state index in [9.17, 15) is 0 Å². The van der Waals surface area contributed by atoms with Crippen molar-refractivity contribution in [1.29, 1.82) is 0 Å². The highest BCUT2D eigenvalue weighted by molar-refractivity contribution is 4.91. The molecule has 2 nitrogen and oxygen atoms in total. The lowest BCUT2D eigenvalue weighted by atomic mass is 10.0. The Bertz CT molecular complexity index is 181. The fourth-order valence-corrected chi connectivity index (χ4v) is 2.57. The second kappa shape index (κ2) is 3.25. The molecule has 3 aliphatic rings. The van der Waals surface area contributed by atoms with Gasteiger partial charge in [0.15, 0.2) is 0 Å². The van der Waals surface area contributed by atoms with Gasteiger partial charge in [0.1, 0.15) is 0 Å². The van der Waals surface area contributed by atoms with E-state index in [1.807, 2.05) is 0 Å². The molecule has 2 heteroatoms. The number of hydrogen-bond donors (Lipinski definition) is 0. The first-order chi connectivity index (χ1) is 6.07. The third kappa shape index (κ3) is 1.89. The second-order valence-electron chi connectivity index (χ2n) is 5.36. The quantitative estimate of drug-likeness (QED) is 0.570. The summed E-state index contributed by atoms with van der Waals surface area (Å²) in [7, 11) is 0. The number of fused-ring (bicyclic) bond motifs is 4. The molecule has 3 rings (SSSR count). The Kier molecular flexibility index (Phi) is 2.37. The van der Waals surface area contributed by atoms with E-state index < -0.39 is 0 Å². The van der Waals surface area contributed by atoms with Crippen LogP contribution in [0.2, 0.25) is 0 Å². The first kappa shape index (κ1) is 9.47. The van der Waals surface area contributed by atoms with Crippen LogP contribution in [0.15, 0.2) is 0 Å². The summed E-state index contributed by atoms with van der Waals surface area (Å²) in [5, 5.41) is 0. The first-order valence-corrected chi connectivity index (χ1v) is 5.46. The van der Waals surface area contributed by atoms with Gasteiger partial charge in [0, 0.05) is 18.1 Å². The van der Waals surface area contributed by atoms with E-state index in [1.165, 1.54) is 19.3 Å². The third-order valence-electron chi connectivity index (χ3n) is 3.29. The molecule has 1 unspecified atom stereocenters. The van der Waals surface area contributed by atoms with Gasteiger partial charge < -0.3 is 4.74 Å². The molecule has 2 bridgehead atoms. The first-order valence-electron chi connectivity index (χ1n) is 5.46. The third-order valence-corrected chi connectivity index (χ3v) is 3.29. The van der Waals surface area contributed by atoms with Gasteiger partial charge in [0.2, 0.25) is 0 Å². The van der Waals surface area contributed by atoms with Gasteiger partial charge in [-0.3, -0.25) is 4.90 Å². The van der Waals surface area contributed by atoms with Crippen LogP contribution >= 0.6 is 0 Å². The maximum absolute atomic E-state index is 5.79. The molecule has 2 atom stereocenters. The van der Waals surface area contributed by atoms with Gasteiger partial charge in [-0.25, -0.2) is 0 Å². The highest BCUT2D eigenvalue weighted by Crippen LogP contribution is 2.30. The average molecular weight is 183 g/mol. The topological polar surface area (TPSA) is 12.5 Å². The molecule has 0 aromatic carbocycles. The van der Waals surface area contributed by atoms with Gasteiger partial charge >= 0.3 is 0 Å². The van der Waals surface area contributed by atoms with Gasteiger partial charge in [-0.2, -0.15) is 0 Å². The summed E-state index contributed by atoms with van der Waals surface area (Å²) in [6.07, 6.45) is 4.46. The fraction of sp³-hybridized carbons (Fsp3) is 1.00. The van der Waals surface area contributed by atoms with Gasteiger partial charge in [-0.05, 0) is 40.0 Å². The SMILES string of the molecule is CC(C)(C)N1CC2CCC[C@H]1CO2. The van der Waals surface area contributed by atoms with E-state index in [-0.39, 0.29) is 0 Å². The highest BCUT2D eigenvalue weighted by Gasteiger charge is 2.37. The minimum atomic E-state index is 0.317. The summed E-state index contributed by atoms with van der Waals surface area (Å²) in [6, 6.07) is 0.679. The smallest absolute Gasteiger partial charge is 0.0703 e. The normalized spacial score (nSPS) is 36.2. The van der Waals surface area contributed by atoms with Gasteiger partial charge in [-0.1, -0.05) is 0 Å². The van der Waals surface area contributed by atoms with E-state index in [0.29, 0.717) is 17.7 Å². The van der Waals surface area contributed by atoms with E-state index in [0.717, 1.165) is 13.2 Å². The molecule has 13 heavy (non-hydrogen) atoms. The van der Waals surface area contributed by atoms with E-state index >= 15 is 0 Å². The van der Waals surface area contributed by atoms with E-state index in [2.05, 4.69) is 25.7 Å².